The average molecular weight is 245 g/mol. The maximum atomic E-state index is 11.9. The van der Waals surface area contributed by atoms with Gasteiger partial charge in [0, 0.05) is 12.6 Å². The summed E-state index contributed by atoms with van der Waals surface area (Å²) in [5.41, 5.74) is 0. The Hall–Kier alpha value is -0.280. The van der Waals surface area contributed by atoms with Gasteiger partial charge in [-0.05, 0) is 44.1 Å². The second-order valence-corrected chi connectivity index (χ2v) is 5.48. The molecular weight excluding hydrogens is 224 g/mol. The van der Waals surface area contributed by atoms with Crippen molar-refractivity contribution >= 4 is 18.3 Å². The van der Waals surface area contributed by atoms with E-state index in [4.69, 9.17) is 0 Å². The van der Waals surface area contributed by atoms with E-state index in [9.17, 15) is 4.79 Å². The summed E-state index contributed by atoms with van der Waals surface area (Å²) in [6.07, 6.45) is 6.39. The van der Waals surface area contributed by atoms with Gasteiger partial charge in [-0.15, -0.1) is 12.4 Å². The summed E-state index contributed by atoms with van der Waals surface area (Å²) in [6, 6.07) is 0.511. The Morgan fingerprint density at radius 1 is 1.19 bits per heavy atom. The van der Waals surface area contributed by atoms with Gasteiger partial charge in [0.05, 0.1) is 5.92 Å². The van der Waals surface area contributed by atoms with E-state index in [0.717, 1.165) is 31.3 Å². The molecule has 3 nitrogen and oxygen atoms in total. The lowest BCUT2D eigenvalue weighted by atomic mass is 9.94. The van der Waals surface area contributed by atoms with Crippen LogP contribution in [-0.4, -0.2) is 25.0 Å². The van der Waals surface area contributed by atoms with Gasteiger partial charge in [0.1, 0.15) is 0 Å². The number of amides is 1. The normalized spacial score (nSPS) is 40.8. The first-order chi connectivity index (χ1) is 7.33. The SMILES string of the molecule is Cl.O=C(NC1CC2CCC1C2)C1CCNC1. The van der Waals surface area contributed by atoms with Crippen LogP contribution in [0.15, 0.2) is 0 Å². The third-order valence-corrected chi connectivity index (χ3v) is 4.50. The van der Waals surface area contributed by atoms with E-state index in [1.165, 1.54) is 25.7 Å². The average Bonchev–Trinajstić information content (AvgIpc) is 2.95. The summed E-state index contributed by atoms with van der Waals surface area (Å²) in [5, 5.41) is 6.52. The standard InChI is InChI=1S/C12H20N2O.ClH/c15-12(10-3-4-13-7-10)14-11-6-8-1-2-9(11)5-8;/h8-11,13H,1-7H2,(H,14,15);1H. The smallest absolute Gasteiger partial charge is 0.224 e. The largest absolute Gasteiger partial charge is 0.353 e. The molecule has 1 heterocycles. The van der Waals surface area contributed by atoms with Crippen molar-refractivity contribution < 1.29 is 4.79 Å². The van der Waals surface area contributed by atoms with Crippen molar-refractivity contribution in [1.82, 2.24) is 10.6 Å². The van der Waals surface area contributed by atoms with Crippen molar-refractivity contribution in [1.29, 1.82) is 0 Å². The summed E-state index contributed by atoms with van der Waals surface area (Å²) < 4.78 is 0. The molecule has 4 heteroatoms. The van der Waals surface area contributed by atoms with Crippen molar-refractivity contribution in [2.24, 2.45) is 17.8 Å². The molecule has 3 aliphatic rings. The zero-order valence-electron chi connectivity index (χ0n) is 9.58. The van der Waals surface area contributed by atoms with Gasteiger partial charge in [0.25, 0.3) is 0 Å². The second-order valence-electron chi connectivity index (χ2n) is 5.48. The van der Waals surface area contributed by atoms with Gasteiger partial charge in [-0.25, -0.2) is 0 Å². The number of carbonyl (C=O) groups excluding carboxylic acids is 1. The van der Waals surface area contributed by atoms with Crippen molar-refractivity contribution in [2.45, 2.75) is 38.1 Å². The van der Waals surface area contributed by atoms with Crippen molar-refractivity contribution in [3.63, 3.8) is 0 Å². The van der Waals surface area contributed by atoms with E-state index in [1.54, 1.807) is 0 Å². The number of rotatable bonds is 2. The zero-order valence-corrected chi connectivity index (χ0v) is 10.4. The lowest BCUT2D eigenvalue weighted by Gasteiger charge is -2.24. The van der Waals surface area contributed by atoms with Crippen molar-refractivity contribution in [3.8, 4) is 0 Å². The Morgan fingerprint density at radius 3 is 2.62 bits per heavy atom. The Bertz CT molecular complexity index is 266. The quantitative estimate of drug-likeness (QED) is 0.770. The number of nitrogens with one attached hydrogen (secondary N) is 2. The molecule has 0 spiro atoms. The van der Waals surface area contributed by atoms with Crippen LogP contribution in [-0.2, 0) is 4.79 Å². The molecule has 1 aliphatic heterocycles. The van der Waals surface area contributed by atoms with Crippen LogP contribution < -0.4 is 10.6 Å². The molecule has 92 valence electrons. The molecule has 0 aromatic carbocycles. The third-order valence-electron chi connectivity index (χ3n) is 4.50. The fourth-order valence-corrected chi connectivity index (χ4v) is 3.60. The molecule has 4 atom stereocenters. The zero-order chi connectivity index (χ0) is 10.3. The number of hydrogen-bond acceptors (Lipinski definition) is 2. The number of carbonyl (C=O) groups is 1. The lowest BCUT2D eigenvalue weighted by molar-refractivity contribution is -0.125. The molecule has 2 aliphatic carbocycles. The van der Waals surface area contributed by atoms with Crippen LogP contribution in [0.1, 0.15) is 32.1 Å². The van der Waals surface area contributed by atoms with Gasteiger partial charge < -0.3 is 10.6 Å². The van der Waals surface area contributed by atoms with E-state index in [0.29, 0.717) is 11.9 Å². The predicted octanol–water partition coefficient (Wildman–Crippen LogP) is 1.32. The highest BCUT2D eigenvalue weighted by Gasteiger charge is 2.40. The second kappa shape index (κ2) is 4.92. The maximum absolute atomic E-state index is 11.9. The minimum Gasteiger partial charge on any atom is -0.353 e. The maximum Gasteiger partial charge on any atom is 0.224 e. The van der Waals surface area contributed by atoms with Crippen LogP contribution in [0.3, 0.4) is 0 Å². The Labute approximate surface area is 103 Å². The fraction of sp³-hybridized carbons (Fsp3) is 0.917. The minimum atomic E-state index is 0. The highest BCUT2D eigenvalue weighted by Crippen LogP contribution is 2.44. The predicted molar refractivity (Wildman–Crippen MR) is 65.6 cm³/mol. The first kappa shape index (κ1) is 12.2. The highest BCUT2D eigenvalue weighted by molar-refractivity contribution is 5.85. The third kappa shape index (κ3) is 2.21. The molecule has 3 fully saturated rings. The monoisotopic (exact) mass is 244 g/mol. The summed E-state index contributed by atoms with van der Waals surface area (Å²) in [6.45, 7) is 1.89. The Balaban J connectivity index is 0.000000963. The molecule has 2 saturated carbocycles. The molecule has 2 bridgehead atoms. The molecule has 2 N–H and O–H groups in total. The van der Waals surface area contributed by atoms with Crippen LogP contribution >= 0.6 is 12.4 Å². The van der Waals surface area contributed by atoms with E-state index >= 15 is 0 Å². The van der Waals surface area contributed by atoms with Crippen molar-refractivity contribution in [3.05, 3.63) is 0 Å². The highest BCUT2D eigenvalue weighted by atomic mass is 35.5. The number of hydrogen-bond donors (Lipinski definition) is 2. The van der Waals surface area contributed by atoms with Crippen LogP contribution in [0.2, 0.25) is 0 Å². The topological polar surface area (TPSA) is 41.1 Å². The Morgan fingerprint density at radius 2 is 2.06 bits per heavy atom. The van der Waals surface area contributed by atoms with Gasteiger partial charge in [-0.2, -0.15) is 0 Å². The molecular formula is C12H21ClN2O. The van der Waals surface area contributed by atoms with E-state index in [2.05, 4.69) is 10.6 Å². The Kier molecular flexibility index (Phi) is 3.75. The van der Waals surface area contributed by atoms with Crippen LogP contribution in [0.4, 0.5) is 0 Å². The van der Waals surface area contributed by atoms with Crippen LogP contribution in [0, 0.1) is 17.8 Å². The van der Waals surface area contributed by atoms with Crippen LogP contribution in [0.25, 0.3) is 0 Å². The van der Waals surface area contributed by atoms with Crippen molar-refractivity contribution in [2.75, 3.05) is 13.1 Å². The minimum absolute atomic E-state index is 0. The number of halogens is 1. The van der Waals surface area contributed by atoms with E-state index < -0.39 is 0 Å². The lowest BCUT2D eigenvalue weighted by Crippen LogP contribution is -2.42. The van der Waals surface area contributed by atoms with Gasteiger partial charge in [0.2, 0.25) is 5.91 Å². The summed E-state index contributed by atoms with van der Waals surface area (Å²) in [7, 11) is 0. The molecule has 4 unspecified atom stereocenters. The summed E-state index contributed by atoms with van der Waals surface area (Å²) in [5.74, 6) is 2.26. The molecule has 0 radical (unpaired) electrons. The molecule has 1 saturated heterocycles. The van der Waals surface area contributed by atoms with Gasteiger partial charge in [0.15, 0.2) is 0 Å². The van der Waals surface area contributed by atoms with Gasteiger partial charge in [-0.3, -0.25) is 4.79 Å². The summed E-state index contributed by atoms with van der Waals surface area (Å²) in [4.78, 5) is 11.9. The first-order valence-corrected chi connectivity index (χ1v) is 6.34. The fourth-order valence-electron chi connectivity index (χ4n) is 3.60. The summed E-state index contributed by atoms with van der Waals surface area (Å²) >= 11 is 0. The van der Waals surface area contributed by atoms with Gasteiger partial charge >= 0.3 is 0 Å². The molecule has 16 heavy (non-hydrogen) atoms. The first-order valence-electron chi connectivity index (χ1n) is 6.34. The van der Waals surface area contributed by atoms with Gasteiger partial charge in [-0.1, -0.05) is 6.42 Å². The van der Waals surface area contributed by atoms with Crippen LogP contribution in [0.5, 0.6) is 0 Å². The molecule has 1 amide bonds. The molecule has 0 aromatic rings. The van der Waals surface area contributed by atoms with E-state index in [-0.39, 0.29) is 18.3 Å². The van der Waals surface area contributed by atoms with E-state index in [1.807, 2.05) is 0 Å². The molecule has 3 rings (SSSR count). The molecule has 0 aromatic heterocycles. The number of fused-ring (bicyclic) bond motifs is 2.